The van der Waals surface area contributed by atoms with Crippen LogP contribution in [-0.4, -0.2) is 47.6 Å². The Labute approximate surface area is 114 Å². The maximum absolute atomic E-state index is 11.9. The van der Waals surface area contributed by atoms with Crippen LogP contribution in [0.15, 0.2) is 12.4 Å². The SMILES string of the molecule is CCCS(=O)(=O)N1CCC(NCc2ncc[nH]2)CC1. The van der Waals surface area contributed by atoms with Gasteiger partial charge in [-0.15, -0.1) is 0 Å². The fourth-order valence-corrected chi connectivity index (χ4v) is 3.90. The van der Waals surface area contributed by atoms with Crippen molar-refractivity contribution in [3.63, 3.8) is 0 Å². The molecule has 2 N–H and O–H groups in total. The molecule has 1 saturated heterocycles. The van der Waals surface area contributed by atoms with Gasteiger partial charge in [-0.3, -0.25) is 0 Å². The molecule has 1 aliphatic heterocycles. The molecule has 2 rings (SSSR count). The van der Waals surface area contributed by atoms with Gasteiger partial charge in [-0.1, -0.05) is 6.92 Å². The fraction of sp³-hybridized carbons (Fsp3) is 0.750. The summed E-state index contributed by atoms with van der Waals surface area (Å²) in [5.74, 6) is 1.18. The molecule has 0 atom stereocenters. The molecule has 1 fully saturated rings. The molecular weight excluding hydrogens is 264 g/mol. The number of imidazole rings is 1. The summed E-state index contributed by atoms with van der Waals surface area (Å²) >= 11 is 0. The van der Waals surface area contributed by atoms with Crippen molar-refractivity contribution in [2.45, 2.75) is 38.8 Å². The summed E-state index contributed by atoms with van der Waals surface area (Å²) in [4.78, 5) is 7.20. The lowest BCUT2D eigenvalue weighted by atomic mass is 10.1. The van der Waals surface area contributed by atoms with E-state index < -0.39 is 10.0 Å². The number of H-pyrrole nitrogens is 1. The minimum Gasteiger partial charge on any atom is -0.348 e. The molecule has 1 aliphatic rings. The highest BCUT2D eigenvalue weighted by atomic mass is 32.2. The largest absolute Gasteiger partial charge is 0.348 e. The van der Waals surface area contributed by atoms with Crippen molar-refractivity contribution in [3.05, 3.63) is 18.2 Å². The van der Waals surface area contributed by atoms with Crippen LogP contribution in [0.1, 0.15) is 32.0 Å². The van der Waals surface area contributed by atoms with Crippen molar-refractivity contribution < 1.29 is 8.42 Å². The van der Waals surface area contributed by atoms with Gasteiger partial charge in [0.15, 0.2) is 0 Å². The van der Waals surface area contributed by atoms with E-state index in [4.69, 9.17) is 0 Å². The zero-order valence-electron chi connectivity index (χ0n) is 11.3. The number of rotatable bonds is 6. The Morgan fingerprint density at radius 3 is 2.79 bits per heavy atom. The molecule has 19 heavy (non-hydrogen) atoms. The number of hydrogen-bond donors (Lipinski definition) is 2. The predicted octanol–water partition coefficient (Wildman–Crippen LogP) is 0.703. The van der Waals surface area contributed by atoms with Crippen molar-refractivity contribution in [1.82, 2.24) is 19.6 Å². The van der Waals surface area contributed by atoms with E-state index in [0.717, 1.165) is 18.7 Å². The molecular formula is C12H22N4O2S. The Bertz CT molecular complexity index is 464. The standard InChI is InChI=1S/C12H22N4O2S/c1-2-9-19(17,18)16-7-3-11(4-8-16)15-10-12-13-5-6-14-12/h5-6,11,15H,2-4,7-10H2,1H3,(H,13,14). The average Bonchev–Trinajstić information content (AvgIpc) is 2.90. The number of aromatic amines is 1. The highest BCUT2D eigenvalue weighted by Gasteiger charge is 2.26. The smallest absolute Gasteiger partial charge is 0.214 e. The number of nitrogens with zero attached hydrogens (tertiary/aromatic N) is 2. The van der Waals surface area contributed by atoms with Crippen LogP contribution in [0.4, 0.5) is 0 Å². The monoisotopic (exact) mass is 286 g/mol. The minimum absolute atomic E-state index is 0.261. The third kappa shape index (κ3) is 4.02. The van der Waals surface area contributed by atoms with Crippen molar-refractivity contribution >= 4 is 10.0 Å². The van der Waals surface area contributed by atoms with Gasteiger partial charge in [0.25, 0.3) is 0 Å². The highest BCUT2D eigenvalue weighted by molar-refractivity contribution is 7.89. The van der Waals surface area contributed by atoms with Crippen LogP contribution in [0, 0.1) is 0 Å². The Morgan fingerprint density at radius 1 is 1.47 bits per heavy atom. The molecule has 6 nitrogen and oxygen atoms in total. The Kier molecular flexibility index (Phi) is 4.95. The molecule has 0 amide bonds. The zero-order chi connectivity index (χ0) is 13.7. The van der Waals surface area contributed by atoms with Crippen LogP contribution in [0.3, 0.4) is 0 Å². The Morgan fingerprint density at radius 2 is 2.21 bits per heavy atom. The molecule has 0 spiro atoms. The summed E-state index contributed by atoms with van der Waals surface area (Å²) in [6.07, 6.45) is 5.94. The van der Waals surface area contributed by atoms with Crippen LogP contribution in [0.2, 0.25) is 0 Å². The summed E-state index contributed by atoms with van der Waals surface area (Å²) in [5, 5.41) is 3.41. The minimum atomic E-state index is -3.03. The van der Waals surface area contributed by atoms with Gasteiger partial charge in [0.1, 0.15) is 5.82 Å². The Hall–Kier alpha value is -0.920. The zero-order valence-corrected chi connectivity index (χ0v) is 12.1. The lowest BCUT2D eigenvalue weighted by Crippen LogP contribution is -2.45. The summed E-state index contributed by atoms with van der Waals surface area (Å²) in [7, 11) is -3.03. The summed E-state index contributed by atoms with van der Waals surface area (Å²) < 4.78 is 25.5. The lowest BCUT2D eigenvalue weighted by molar-refractivity contribution is 0.287. The number of sulfonamides is 1. The van der Waals surface area contributed by atoms with Crippen molar-refractivity contribution in [2.24, 2.45) is 0 Å². The average molecular weight is 286 g/mol. The maximum Gasteiger partial charge on any atom is 0.214 e. The van der Waals surface area contributed by atoms with E-state index in [1.165, 1.54) is 0 Å². The summed E-state index contributed by atoms with van der Waals surface area (Å²) in [6, 6.07) is 0.373. The van der Waals surface area contributed by atoms with E-state index in [-0.39, 0.29) is 5.75 Å². The van der Waals surface area contributed by atoms with E-state index in [9.17, 15) is 8.42 Å². The van der Waals surface area contributed by atoms with Gasteiger partial charge in [-0.25, -0.2) is 17.7 Å². The maximum atomic E-state index is 11.9. The molecule has 0 unspecified atom stereocenters. The van der Waals surface area contributed by atoms with Gasteiger partial charge in [-0.05, 0) is 19.3 Å². The molecule has 108 valence electrons. The van der Waals surface area contributed by atoms with Crippen LogP contribution in [0.25, 0.3) is 0 Å². The first-order chi connectivity index (χ1) is 9.12. The fourth-order valence-electron chi connectivity index (χ4n) is 2.36. The first kappa shape index (κ1) is 14.5. The second kappa shape index (κ2) is 6.49. The van der Waals surface area contributed by atoms with E-state index in [0.29, 0.717) is 32.1 Å². The van der Waals surface area contributed by atoms with Crippen LogP contribution >= 0.6 is 0 Å². The Balaban J connectivity index is 1.76. The number of nitrogens with one attached hydrogen (secondary N) is 2. The lowest BCUT2D eigenvalue weighted by Gasteiger charge is -2.31. The van der Waals surface area contributed by atoms with E-state index in [1.54, 1.807) is 16.7 Å². The first-order valence-corrected chi connectivity index (χ1v) is 8.42. The quantitative estimate of drug-likeness (QED) is 0.807. The molecule has 0 aromatic carbocycles. The molecule has 2 heterocycles. The van der Waals surface area contributed by atoms with E-state index >= 15 is 0 Å². The van der Waals surface area contributed by atoms with E-state index in [1.807, 2.05) is 6.92 Å². The van der Waals surface area contributed by atoms with Gasteiger partial charge >= 0.3 is 0 Å². The van der Waals surface area contributed by atoms with Crippen molar-refractivity contribution in [2.75, 3.05) is 18.8 Å². The second-order valence-electron chi connectivity index (χ2n) is 4.91. The molecule has 1 aromatic rings. The third-order valence-corrected chi connectivity index (χ3v) is 5.50. The van der Waals surface area contributed by atoms with Crippen LogP contribution in [0.5, 0.6) is 0 Å². The number of aromatic nitrogens is 2. The molecule has 1 aromatic heterocycles. The molecule has 0 radical (unpaired) electrons. The van der Waals surface area contributed by atoms with Gasteiger partial charge in [0.05, 0.1) is 12.3 Å². The normalized spacial score (nSPS) is 18.8. The summed E-state index contributed by atoms with van der Waals surface area (Å²) in [6.45, 7) is 3.85. The van der Waals surface area contributed by atoms with E-state index in [2.05, 4.69) is 15.3 Å². The van der Waals surface area contributed by atoms with Gasteiger partial charge in [0, 0.05) is 31.5 Å². The molecule has 7 heteroatoms. The molecule has 0 saturated carbocycles. The number of hydrogen-bond acceptors (Lipinski definition) is 4. The van der Waals surface area contributed by atoms with Crippen LogP contribution in [-0.2, 0) is 16.6 Å². The molecule has 0 bridgehead atoms. The van der Waals surface area contributed by atoms with Crippen LogP contribution < -0.4 is 5.32 Å². The summed E-state index contributed by atoms with van der Waals surface area (Å²) in [5.41, 5.74) is 0. The first-order valence-electron chi connectivity index (χ1n) is 6.81. The van der Waals surface area contributed by atoms with Crippen molar-refractivity contribution in [1.29, 1.82) is 0 Å². The molecule has 0 aliphatic carbocycles. The topological polar surface area (TPSA) is 78.1 Å². The second-order valence-corrected chi connectivity index (χ2v) is 6.99. The van der Waals surface area contributed by atoms with Gasteiger partial charge < -0.3 is 10.3 Å². The predicted molar refractivity (Wildman–Crippen MR) is 74.1 cm³/mol. The third-order valence-electron chi connectivity index (χ3n) is 3.42. The number of piperidine rings is 1. The van der Waals surface area contributed by atoms with Gasteiger partial charge in [0.2, 0.25) is 10.0 Å². The van der Waals surface area contributed by atoms with Crippen molar-refractivity contribution in [3.8, 4) is 0 Å². The van der Waals surface area contributed by atoms with Gasteiger partial charge in [-0.2, -0.15) is 0 Å². The highest BCUT2D eigenvalue weighted by Crippen LogP contribution is 2.15.